The molecule has 1 saturated carbocycles. The highest BCUT2D eigenvalue weighted by molar-refractivity contribution is 6.01. The molecule has 3 atom stereocenters. The van der Waals surface area contributed by atoms with Crippen LogP contribution in [-0.4, -0.2) is 41.4 Å². The molecule has 1 heterocycles. The fourth-order valence-corrected chi connectivity index (χ4v) is 2.84. The Hall–Kier alpha value is -0.940. The van der Waals surface area contributed by atoms with E-state index < -0.39 is 0 Å². The van der Waals surface area contributed by atoms with Gasteiger partial charge in [0, 0.05) is 12.1 Å². The van der Waals surface area contributed by atoms with E-state index in [2.05, 4.69) is 5.32 Å². The molecule has 16 heavy (non-hydrogen) atoms. The number of carbonyl (C=O) groups is 2. The van der Waals surface area contributed by atoms with Crippen LogP contribution in [0.2, 0.25) is 0 Å². The summed E-state index contributed by atoms with van der Waals surface area (Å²) >= 11 is 0. The van der Waals surface area contributed by atoms with Crippen LogP contribution in [0.4, 0.5) is 0 Å². The largest absolute Gasteiger partial charge is 0.326 e. The Morgan fingerprint density at radius 1 is 1.44 bits per heavy atom. The third-order valence-corrected chi connectivity index (χ3v) is 3.64. The number of amides is 2. The van der Waals surface area contributed by atoms with E-state index >= 15 is 0 Å². The highest BCUT2D eigenvalue weighted by Crippen LogP contribution is 2.26. The van der Waals surface area contributed by atoms with E-state index in [1.165, 1.54) is 0 Å². The highest BCUT2D eigenvalue weighted by atomic mass is 16.2. The maximum atomic E-state index is 11.7. The average molecular weight is 225 g/mol. The van der Waals surface area contributed by atoms with Gasteiger partial charge >= 0.3 is 0 Å². The molecule has 1 aliphatic heterocycles. The molecule has 0 bridgehead atoms. The molecule has 5 nitrogen and oxygen atoms in total. The van der Waals surface area contributed by atoms with Crippen LogP contribution in [0.15, 0.2) is 0 Å². The van der Waals surface area contributed by atoms with Crippen molar-refractivity contribution in [1.29, 1.82) is 0 Å². The van der Waals surface area contributed by atoms with E-state index in [0.29, 0.717) is 6.54 Å². The number of nitrogens with zero attached hydrogens (tertiary/aromatic N) is 1. The van der Waals surface area contributed by atoms with Crippen molar-refractivity contribution in [3.05, 3.63) is 0 Å². The molecule has 2 aliphatic rings. The molecule has 0 aromatic rings. The Labute approximate surface area is 95.3 Å². The first-order chi connectivity index (χ1) is 7.63. The lowest BCUT2D eigenvalue weighted by molar-refractivity contribution is -0.141. The molecule has 1 saturated heterocycles. The van der Waals surface area contributed by atoms with Gasteiger partial charge in [0.15, 0.2) is 0 Å². The molecule has 0 spiro atoms. The molecular weight excluding hydrogens is 206 g/mol. The second-order valence-electron chi connectivity index (χ2n) is 4.67. The maximum absolute atomic E-state index is 11.7. The minimum Gasteiger partial charge on any atom is -0.326 e. The number of imide groups is 1. The van der Waals surface area contributed by atoms with Crippen LogP contribution in [0.1, 0.15) is 32.6 Å². The number of rotatable bonds is 2. The summed E-state index contributed by atoms with van der Waals surface area (Å²) in [7, 11) is 0. The summed E-state index contributed by atoms with van der Waals surface area (Å²) in [4.78, 5) is 25.1. The van der Waals surface area contributed by atoms with Gasteiger partial charge in [0.1, 0.15) is 0 Å². The quantitative estimate of drug-likeness (QED) is 0.627. The molecule has 2 amide bonds. The predicted molar refractivity (Wildman–Crippen MR) is 59.5 cm³/mol. The third-order valence-electron chi connectivity index (χ3n) is 3.64. The first-order valence-electron chi connectivity index (χ1n) is 5.98. The summed E-state index contributed by atoms with van der Waals surface area (Å²) in [5.41, 5.74) is 6.03. The maximum Gasteiger partial charge on any atom is 0.243 e. The Morgan fingerprint density at radius 2 is 2.19 bits per heavy atom. The fraction of sp³-hybridized carbons (Fsp3) is 0.818. The summed E-state index contributed by atoms with van der Waals surface area (Å²) in [6.07, 6.45) is 3.81. The van der Waals surface area contributed by atoms with Crippen LogP contribution in [0, 0.1) is 0 Å². The van der Waals surface area contributed by atoms with Crippen LogP contribution in [0.25, 0.3) is 0 Å². The van der Waals surface area contributed by atoms with Gasteiger partial charge in [-0.05, 0) is 19.3 Å². The van der Waals surface area contributed by atoms with Crippen LogP contribution < -0.4 is 11.1 Å². The third kappa shape index (κ3) is 1.97. The highest BCUT2D eigenvalue weighted by Gasteiger charge is 2.40. The standard InChI is InChI=1S/C11H19N3O2/c1-2-8-11(16)13-10(15)6-14(8)9-5-3-4-7(9)12/h7-9H,2-6,12H2,1H3,(H,13,15,16). The van der Waals surface area contributed by atoms with Crippen molar-refractivity contribution >= 4 is 11.8 Å². The number of carbonyl (C=O) groups excluding carboxylic acids is 2. The van der Waals surface area contributed by atoms with Crippen LogP contribution in [0.5, 0.6) is 0 Å². The SMILES string of the molecule is CCC1C(=O)NC(=O)CN1C1CCCC1N. The zero-order valence-corrected chi connectivity index (χ0v) is 9.61. The van der Waals surface area contributed by atoms with Crippen molar-refractivity contribution < 1.29 is 9.59 Å². The van der Waals surface area contributed by atoms with Crippen LogP contribution in [0.3, 0.4) is 0 Å². The summed E-state index contributed by atoms with van der Waals surface area (Å²) in [6, 6.07) is 0.111. The van der Waals surface area contributed by atoms with Gasteiger partial charge in [0.2, 0.25) is 11.8 Å². The van der Waals surface area contributed by atoms with Gasteiger partial charge in [0.25, 0.3) is 0 Å². The molecule has 5 heteroatoms. The van der Waals surface area contributed by atoms with Crippen molar-refractivity contribution in [2.24, 2.45) is 5.73 Å². The summed E-state index contributed by atoms with van der Waals surface area (Å²) < 4.78 is 0. The van der Waals surface area contributed by atoms with E-state index in [9.17, 15) is 9.59 Å². The molecule has 0 aromatic heterocycles. The number of nitrogens with two attached hydrogens (primary N) is 1. The molecule has 90 valence electrons. The van der Waals surface area contributed by atoms with Gasteiger partial charge in [-0.1, -0.05) is 13.3 Å². The van der Waals surface area contributed by atoms with E-state index in [0.717, 1.165) is 25.7 Å². The van der Waals surface area contributed by atoms with Crippen molar-refractivity contribution in [1.82, 2.24) is 10.2 Å². The molecule has 2 rings (SSSR count). The topological polar surface area (TPSA) is 75.4 Å². The Kier molecular flexibility index (Phi) is 3.25. The molecule has 0 aromatic carbocycles. The van der Waals surface area contributed by atoms with E-state index in [1.54, 1.807) is 0 Å². The fourth-order valence-electron chi connectivity index (χ4n) is 2.84. The summed E-state index contributed by atoms with van der Waals surface area (Å²) in [5, 5.41) is 2.39. The van der Waals surface area contributed by atoms with Crippen molar-refractivity contribution in [2.75, 3.05) is 6.54 Å². The van der Waals surface area contributed by atoms with Crippen molar-refractivity contribution in [2.45, 2.75) is 50.7 Å². The van der Waals surface area contributed by atoms with Gasteiger partial charge in [-0.2, -0.15) is 0 Å². The number of hydrogen-bond acceptors (Lipinski definition) is 4. The smallest absolute Gasteiger partial charge is 0.243 e. The normalized spacial score (nSPS) is 36.5. The first-order valence-corrected chi connectivity index (χ1v) is 5.98. The van der Waals surface area contributed by atoms with Crippen LogP contribution in [-0.2, 0) is 9.59 Å². The summed E-state index contributed by atoms with van der Waals surface area (Å²) in [5.74, 6) is -0.369. The van der Waals surface area contributed by atoms with Gasteiger partial charge in [0.05, 0.1) is 12.6 Å². The molecule has 0 radical (unpaired) electrons. The summed E-state index contributed by atoms with van der Waals surface area (Å²) in [6.45, 7) is 2.27. The molecule has 2 fully saturated rings. The van der Waals surface area contributed by atoms with E-state index in [-0.39, 0.29) is 29.9 Å². The molecular formula is C11H19N3O2. The van der Waals surface area contributed by atoms with Gasteiger partial charge in [-0.15, -0.1) is 0 Å². The lowest BCUT2D eigenvalue weighted by Crippen LogP contribution is -2.62. The number of hydrogen-bond donors (Lipinski definition) is 2. The first kappa shape index (κ1) is 11.5. The second-order valence-corrected chi connectivity index (χ2v) is 4.67. The second kappa shape index (κ2) is 4.51. The Bertz CT molecular complexity index is 306. The predicted octanol–water partition coefficient (Wildman–Crippen LogP) is -0.397. The number of nitrogens with one attached hydrogen (secondary N) is 1. The average Bonchev–Trinajstić information content (AvgIpc) is 2.63. The Morgan fingerprint density at radius 3 is 2.75 bits per heavy atom. The zero-order valence-electron chi connectivity index (χ0n) is 9.61. The zero-order chi connectivity index (χ0) is 11.7. The van der Waals surface area contributed by atoms with Gasteiger partial charge in [-0.25, -0.2) is 0 Å². The molecule has 1 aliphatic carbocycles. The van der Waals surface area contributed by atoms with Gasteiger partial charge < -0.3 is 5.73 Å². The minimum atomic E-state index is -0.200. The lowest BCUT2D eigenvalue weighted by atomic mass is 10.0. The van der Waals surface area contributed by atoms with Gasteiger partial charge in [-0.3, -0.25) is 19.8 Å². The minimum absolute atomic E-state index is 0.104. The molecule has 3 unspecified atom stereocenters. The lowest BCUT2D eigenvalue weighted by Gasteiger charge is -2.39. The van der Waals surface area contributed by atoms with Crippen molar-refractivity contribution in [3.63, 3.8) is 0 Å². The number of piperazine rings is 1. The van der Waals surface area contributed by atoms with Crippen LogP contribution >= 0.6 is 0 Å². The van der Waals surface area contributed by atoms with E-state index in [4.69, 9.17) is 5.73 Å². The van der Waals surface area contributed by atoms with Crippen molar-refractivity contribution in [3.8, 4) is 0 Å². The Balaban J connectivity index is 2.15. The molecule has 3 N–H and O–H groups in total. The van der Waals surface area contributed by atoms with E-state index in [1.807, 2.05) is 11.8 Å². The monoisotopic (exact) mass is 225 g/mol.